The Bertz CT molecular complexity index is 1240. The van der Waals surface area contributed by atoms with E-state index >= 15 is 0 Å². The van der Waals surface area contributed by atoms with Crippen molar-refractivity contribution in [3.8, 4) is 0 Å². The van der Waals surface area contributed by atoms with E-state index in [-0.39, 0.29) is 37.5 Å². The number of rotatable bonds is 46. The molecule has 1 atom stereocenters. The van der Waals surface area contributed by atoms with Crippen LogP contribution in [0.4, 0.5) is 0 Å². The van der Waals surface area contributed by atoms with Crippen molar-refractivity contribution in [2.24, 2.45) is 0 Å². The molecule has 0 saturated carbocycles. The number of allylic oxidation sites excluding steroid dienone is 14. The van der Waals surface area contributed by atoms with Gasteiger partial charge in [-0.2, -0.15) is 0 Å². The number of hydrogen-bond donors (Lipinski definition) is 0. The number of esters is 3. The van der Waals surface area contributed by atoms with Crippen LogP contribution >= 0.6 is 0 Å². The van der Waals surface area contributed by atoms with E-state index in [9.17, 15) is 14.4 Å². The molecule has 0 radical (unpaired) electrons. The largest absolute Gasteiger partial charge is 0.462 e. The van der Waals surface area contributed by atoms with Crippen molar-refractivity contribution in [1.29, 1.82) is 0 Å². The van der Waals surface area contributed by atoms with Crippen LogP contribution in [0.25, 0.3) is 0 Å². The first kappa shape index (κ1) is 59.6. The summed E-state index contributed by atoms with van der Waals surface area (Å²) in [5.41, 5.74) is 0. The molecule has 0 heterocycles. The van der Waals surface area contributed by atoms with Crippen LogP contribution in [0.5, 0.6) is 0 Å². The summed E-state index contributed by atoms with van der Waals surface area (Å²) < 4.78 is 16.7. The van der Waals surface area contributed by atoms with Gasteiger partial charge in [0.1, 0.15) is 13.2 Å². The molecule has 6 heteroatoms. The van der Waals surface area contributed by atoms with E-state index in [1.165, 1.54) is 103 Å². The first-order valence-electron chi connectivity index (χ1n) is 26.1. The van der Waals surface area contributed by atoms with Crippen LogP contribution in [0.3, 0.4) is 0 Å². The number of hydrogen-bond acceptors (Lipinski definition) is 6. The zero-order valence-corrected chi connectivity index (χ0v) is 41.1. The van der Waals surface area contributed by atoms with Gasteiger partial charge < -0.3 is 14.2 Å². The van der Waals surface area contributed by atoms with E-state index < -0.39 is 6.10 Å². The number of unbranched alkanes of at least 4 members (excludes halogenated alkanes) is 21. The third kappa shape index (κ3) is 49.5. The molecule has 0 aromatic heterocycles. The zero-order chi connectivity index (χ0) is 45.8. The molecule has 63 heavy (non-hydrogen) atoms. The van der Waals surface area contributed by atoms with Gasteiger partial charge in [-0.3, -0.25) is 14.4 Å². The monoisotopic (exact) mass is 877 g/mol. The lowest BCUT2D eigenvalue weighted by Crippen LogP contribution is -2.30. The molecule has 0 aliphatic rings. The van der Waals surface area contributed by atoms with E-state index in [1.54, 1.807) is 0 Å². The summed E-state index contributed by atoms with van der Waals surface area (Å²) in [6.07, 6.45) is 65.7. The maximum absolute atomic E-state index is 12.8. The van der Waals surface area contributed by atoms with Crippen molar-refractivity contribution >= 4 is 17.9 Å². The number of carbonyl (C=O) groups is 3. The molecular weight excluding hydrogens is 781 g/mol. The van der Waals surface area contributed by atoms with Crippen molar-refractivity contribution in [2.45, 2.75) is 245 Å². The highest BCUT2D eigenvalue weighted by molar-refractivity contribution is 5.71. The highest BCUT2D eigenvalue weighted by Crippen LogP contribution is 2.14. The Morgan fingerprint density at radius 1 is 0.333 bits per heavy atom. The molecule has 0 aliphatic heterocycles. The second-order valence-electron chi connectivity index (χ2n) is 17.1. The zero-order valence-electron chi connectivity index (χ0n) is 41.1. The van der Waals surface area contributed by atoms with Crippen molar-refractivity contribution in [3.05, 3.63) is 85.1 Å². The van der Waals surface area contributed by atoms with Crippen molar-refractivity contribution < 1.29 is 28.6 Å². The van der Waals surface area contributed by atoms with Crippen LogP contribution < -0.4 is 0 Å². The Labute approximate surface area is 388 Å². The molecule has 0 amide bonds. The normalized spacial score (nSPS) is 12.7. The molecule has 0 N–H and O–H groups in total. The van der Waals surface area contributed by atoms with E-state index in [0.29, 0.717) is 19.3 Å². The van der Waals surface area contributed by atoms with Gasteiger partial charge >= 0.3 is 17.9 Å². The van der Waals surface area contributed by atoms with E-state index in [4.69, 9.17) is 14.2 Å². The summed E-state index contributed by atoms with van der Waals surface area (Å²) in [4.78, 5) is 37.9. The van der Waals surface area contributed by atoms with E-state index in [1.807, 2.05) is 0 Å². The van der Waals surface area contributed by atoms with Crippen LogP contribution in [0.1, 0.15) is 239 Å². The smallest absolute Gasteiger partial charge is 0.306 e. The number of ether oxygens (including phenoxy) is 3. The molecule has 0 fully saturated rings. The minimum atomic E-state index is -0.801. The average molecular weight is 877 g/mol. The van der Waals surface area contributed by atoms with E-state index in [2.05, 4.69) is 106 Å². The van der Waals surface area contributed by atoms with Gasteiger partial charge in [-0.05, 0) is 89.9 Å². The Morgan fingerprint density at radius 2 is 0.635 bits per heavy atom. The quantitative estimate of drug-likeness (QED) is 0.0262. The van der Waals surface area contributed by atoms with Crippen molar-refractivity contribution in [1.82, 2.24) is 0 Å². The summed E-state index contributed by atoms with van der Waals surface area (Å²) in [5, 5.41) is 0. The molecule has 0 bridgehead atoms. The third-order valence-electron chi connectivity index (χ3n) is 10.9. The maximum atomic E-state index is 12.8. The van der Waals surface area contributed by atoms with Gasteiger partial charge in [-0.25, -0.2) is 0 Å². The number of carbonyl (C=O) groups excluding carboxylic acids is 3. The minimum Gasteiger partial charge on any atom is -0.462 e. The van der Waals surface area contributed by atoms with Crippen LogP contribution in [0.15, 0.2) is 85.1 Å². The molecule has 0 aromatic carbocycles. The summed E-state index contributed by atoms with van der Waals surface area (Å²) in [7, 11) is 0. The third-order valence-corrected chi connectivity index (χ3v) is 10.9. The SMILES string of the molecule is CC/C=C\C/C=C\C/C=C\C/C=C\C/C=C\CCCC(=O)OCC(COC(=O)CCCCCCCCCCCCC)OC(=O)CCCCCCCCC/C=C\C/C=C\CCCCC. The lowest BCUT2D eigenvalue weighted by molar-refractivity contribution is -0.167. The lowest BCUT2D eigenvalue weighted by atomic mass is 10.1. The molecule has 0 saturated heterocycles. The summed E-state index contributed by atoms with van der Waals surface area (Å²) >= 11 is 0. The topological polar surface area (TPSA) is 78.9 Å². The van der Waals surface area contributed by atoms with Crippen molar-refractivity contribution in [3.63, 3.8) is 0 Å². The maximum Gasteiger partial charge on any atom is 0.306 e. The predicted octanol–water partition coefficient (Wildman–Crippen LogP) is 17.2. The molecule has 0 rings (SSSR count). The standard InChI is InChI=1S/C57H96O6/c1-4-7-10-13-16-19-22-24-26-28-30-32-35-38-41-44-47-50-56(59)62-53-54(52-61-55(58)49-46-43-40-37-34-21-18-15-12-9-6-3)63-57(60)51-48-45-42-39-36-33-31-29-27-25-23-20-17-14-11-8-5-2/h7,10,16-17,19-20,24-27,30,32,38,41,54H,4-6,8-9,11-15,18,21-23,28-29,31,33-37,39-40,42-53H2,1-3H3/b10-7-,19-16-,20-17-,26-24-,27-25-,32-30-,41-38-. The van der Waals surface area contributed by atoms with Gasteiger partial charge in [0.15, 0.2) is 6.10 Å². The molecular formula is C57H96O6. The molecule has 0 aromatic rings. The van der Waals surface area contributed by atoms with Gasteiger partial charge in [0.2, 0.25) is 0 Å². The lowest BCUT2D eigenvalue weighted by Gasteiger charge is -2.18. The van der Waals surface area contributed by atoms with Gasteiger partial charge in [0.25, 0.3) is 0 Å². The predicted molar refractivity (Wildman–Crippen MR) is 270 cm³/mol. The fraction of sp³-hybridized carbons (Fsp3) is 0.702. The van der Waals surface area contributed by atoms with Crippen LogP contribution in [-0.4, -0.2) is 37.2 Å². The summed E-state index contributed by atoms with van der Waals surface area (Å²) in [6, 6.07) is 0. The first-order valence-corrected chi connectivity index (χ1v) is 26.1. The molecule has 360 valence electrons. The molecule has 0 aliphatic carbocycles. The molecule has 0 spiro atoms. The summed E-state index contributed by atoms with van der Waals surface area (Å²) in [5.74, 6) is -0.966. The Morgan fingerprint density at radius 3 is 1.06 bits per heavy atom. The van der Waals surface area contributed by atoms with Gasteiger partial charge in [-0.1, -0.05) is 215 Å². The van der Waals surface area contributed by atoms with Crippen LogP contribution in [0.2, 0.25) is 0 Å². The van der Waals surface area contributed by atoms with Crippen LogP contribution in [-0.2, 0) is 28.6 Å². The van der Waals surface area contributed by atoms with Crippen molar-refractivity contribution in [2.75, 3.05) is 13.2 Å². The summed E-state index contributed by atoms with van der Waals surface area (Å²) in [6.45, 7) is 6.43. The minimum absolute atomic E-state index is 0.0964. The fourth-order valence-electron chi connectivity index (χ4n) is 6.98. The molecule has 6 nitrogen and oxygen atoms in total. The Hall–Kier alpha value is -3.41. The highest BCUT2D eigenvalue weighted by Gasteiger charge is 2.19. The van der Waals surface area contributed by atoms with Crippen LogP contribution in [0, 0.1) is 0 Å². The fourth-order valence-corrected chi connectivity index (χ4v) is 6.98. The second-order valence-corrected chi connectivity index (χ2v) is 17.1. The van der Waals surface area contributed by atoms with Gasteiger partial charge in [0, 0.05) is 19.3 Å². The van der Waals surface area contributed by atoms with Gasteiger partial charge in [-0.15, -0.1) is 0 Å². The highest BCUT2D eigenvalue weighted by atomic mass is 16.6. The first-order chi connectivity index (χ1) is 31.0. The second kappa shape index (κ2) is 51.2. The Balaban J connectivity index is 4.47. The van der Waals surface area contributed by atoms with Gasteiger partial charge in [0.05, 0.1) is 0 Å². The Kier molecular flexibility index (Phi) is 48.5. The van der Waals surface area contributed by atoms with E-state index in [0.717, 1.165) is 89.9 Å². The average Bonchev–Trinajstić information content (AvgIpc) is 3.28. The molecule has 1 unspecified atom stereocenters.